The van der Waals surface area contributed by atoms with Gasteiger partial charge in [-0.1, -0.05) is 0 Å². The molecule has 0 saturated carbocycles. The zero-order valence-electron chi connectivity index (χ0n) is 8.72. The van der Waals surface area contributed by atoms with Crippen molar-refractivity contribution in [2.75, 3.05) is 39.6 Å². The van der Waals surface area contributed by atoms with Crippen LogP contribution in [0, 0.1) is 5.92 Å². The van der Waals surface area contributed by atoms with Crippen LogP contribution >= 0.6 is 0 Å². The average Bonchev–Trinajstić information content (AvgIpc) is 2.81. The molecule has 2 atom stereocenters. The monoisotopic (exact) mass is 215 g/mol. The van der Waals surface area contributed by atoms with E-state index in [1.807, 2.05) is 0 Å². The molecule has 2 rings (SSSR count). The van der Waals surface area contributed by atoms with E-state index >= 15 is 0 Å². The first-order valence-corrected chi connectivity index (χ1v) is 5.39. The van der Waals surface area contributed by atoms with E-state index < -0.39 is 0 Å². The van der Waals surface area contributed by atoms with Crippen molar-refractivity contribution in [3.63, 3.8) is 0 Å². The van der Waals surface area contributed by atoms with E-state index in [9.17, 15) is 4.79 Å². The summed E-state index contributed by atoms with van der Waals surface area (Å²) in [6.07, 6.45) is 0.800. The Labute approximate surface area is 89.0 Å². The quantitative estimate of drug-likeness (QED) is 0.658. The molecule has 0 radical (unpaired) electrons. The normalized spacial score (nSPS) is 31.9. The highest BCUT2D eigenvalue weighted by molar-refractivity contribution is 5.79. The fourth-order valence-corrected chi connectivity index (χ4v) is 2.06. The van der Waals surface area contributed by atoms with E-state index in [0.29, 0.717) is 33.0 Å². The number of aliphatic hydroxyl groups is 1. The summed E-state index contributed by atoms with van der Waals surface area (Å²) < 4.78 is 10.4. The summed E-state index contributed by atoms with van der Waals surface area (Å²) in [5, 5.41) is 9.15. The second kappa shape index (κ2) is 4.92. The average molecular weight is 215 g/mol. The lowest BCUT2D eigenvalue weighted by Crippen LogP contribution is -2.52. The highest BCUT2D eigenvalue weighted by atomic mass is 16.5. The maximum absolute atomic E-state index is 12.0. The number of carbonyl (C=O) groups excluding carboxylic acids is 1. The number of ether oxygens (including phenoxy) is 2. The molecule has 2 saturated heterocycles. The minimum atomic E-state index is -0.174. The Morgan fingerprint density at radius 1 is 1.33 bits per heavy atom. The van der Waals surface area contributed by atoms with Gasteiger partial charge in [0.25, 0.3) is 0 Å². The van der Waals surface area contributed by atoms with Crippen LogP contribution in [0.4, 0.5) is 0 Å². The standard InChI is InChI=1S/C10H17NO4/c12-5-9-7-15-4-2-11(9)10(13)8-1-3-14-6-8/h8-9,12H,1-7H2. The highest BCUT2D eigenvalue weighted by Gasteiger charge is 2.33. The van der Waals surface area contributed by atoms with Gasteiger partial charge in [-0.05, 0) is 6.42 Å². The van der Waals surface area contributed by atoms with Gasteiger partial charge in [-0.25, -0.2) is 0 Å². The van der Waals surface area contributed by atoms with Crippen molar-refractivity contribution in [1.82, 2.24) is 4.90 Å². The summed E-state index contributed by atoms with van der Waals surface area (Å²) in [7, 11) is 0. The van der Waals surface area contributed by atoms with Gasteiger partial charge in [0.15, 0.2) is 0 Å². The van der Waals surface area contributed by atoms with Crippen molar-refractivity contribution in [2.24, 2.45) is 5.92 Å². The summed E-state index contributed by atoms with van der Waals surface area (Å²) in [4.78, 5) is 13.8. The molecule has 0 bridgehead atoms. The molecule has 2 heterocycles. The lowest BCUT2D eigenvalue weighted by atomic mass is 10.1. The van der Waals surface area contributed by atoms with Gasteiger partial charge in [-0.3, -0.25) is 4.79 Å². The zero-order chi connectivity index (χ0) is 10.7. The van der Waals surface area contributed by atoms with Crippen LogP contribution in [0.15, 0.2) is 0 Å². The van der Waals surface area contributed by atoms with Crippen molar-refractivity contribution >= 4 is 5.91 Å². The predicted molar refractivity (Wildman–Crippen MR) is 52.3 cm³/mol. The molecule has 2 aliphatic heterocycles. The molecular formula is C10H17NO4. The second-order valence-corrected chi connectivity index (χ2v) is 4.00. The molecule has 2 aliphatic rings. The fourth-order valence-electron chi connectivity index (χ4n) is 2.06. The molecule has 5 nitrogen and oxygen atoms in total. The van der Waals surface area contributed by atoms with E-state index in [1.165, 1.54) is 0 Å². The highest BCUT2D eigenvalue weighted by Crippen LogP contribution is 2.18. The Balaban J connectivity index is 1.96. The number of amides is 1. The smallest absolute Gasteiger partial charge is 0.228 e. The molecule has 86 valence electrons. The fraction of sp³-hybridized carbons (Fsp3) is 0.900. The molecule has 5 heteroatoms. The van der Waals surface area contributed by atoms with Crippen LogP contribution in [0.25, 0.3) is 0 Å². The van der Waals surface area contributed by atoms with Crippen molar-refractivity contribution in [3.05, 3.63) is 0 Å². The molecule has 0 aliphatic carbocycles. The third kappa shape index (κ3) is 2.30. The lowest BCUT2D eigenvalue weighted by Gasteiger charge is -2.35. The van der Waals surface area contributed by atoms with E-state index in [4.69, 9.17) is 14.6 Å². The topological polar surface area (TPSA) is 59.0 Å². The minimum absolute atomic E-state index is 0.0165. The second-order valence-electron chi connectivity index (χ2n) is 4.00. The van der Waals surface area contributed by atoms with E-state index in [-0.39, 0.29) is 24.5 Å². The molecule has 0 spiro atoms. The number of aliphatic hydroxyl groups excluding tert-OH is 1. The van der Waals surface area contributed by atoms with Crippen molar-refractivity contribution in [1.29, 1.82) is 0 Å². The third-order valence-corrected chi connectivity index (χ3v) is 3.00. The van der Waals surface area contributed by atoms with Gasteiger partial charge in [0.1, 0.15) is 0 Å². The van der Waals surface area contributed by atoms with Crippen LogP contribution in [0.2, 0.25) is 0 Å². The van der Waals surface area contributed by atoms with Gasteiger partial charge in [-0.15, -0.1) is 0 Å². The van der Waals surface area contributed by atoms with Crippen molar-refractivity contribution < 1.29 is 19.4 Å². The van der Waals surface area contributed by atoms with Gasteiger partial charge in [0.2, 0.25) is 5.91 Å². The SMILES string of the molecule is O=C(C1CCOC1)N1CCOCC1CO. The van der Waals surface area contributed by atoms with Gasteiger partial charge >= 0.3 is 0 Å². The summed E-state index contributed by atoms with van der Waals surface area (Å²) >= 11 is 0. The van der Waals surface area contributed by atoms with Crippen LogP contribution in [0.3, 0.4) is 0 Å². The Morgan fingerprint density at radius 2 is 2.13 bits per heavy atom. The Kier molecular flexibility index (Phi) is 3.56. The zero-order valence-corrected chi connectivity index (χ0v) is 8.72. The predicted octanol–water partition coefficient (Wildman–Crippen LogP) is -0.757. The molecule has 0 aromatic heterocycles. The molecule has 2 unspecified atom stereocenters. The molecule has 15 heavy (non-hydrogen) atoms. The summed E-state index contributed by atoms with van der Waals surface area (Å²) in [5.41, 5.74) is 0. The third-order valence-electron chi connectivity index (χ3n) is 3.00. The number of hydrogen-bond acceptors (Lipinski definition) is 4. The summed E-state index contributed by atoms with van der Waals surface area (Å²) in [6, 6.07) is -0.174. The Morgan fingerprint density at radius 3 is 2.80 bits per heavy atom. The number of rotatable bonds is 2. The Hall–Kier alpha value is -0.650. The number of hydrogen-bond donors (Lipinski definition) is 1. The minimum Gasteiger partial charge on any atom is -0.394 e. The summed E-state index contributed by atoms with van der Waals surface area (Å²) in [6.45, 7) is 2.75. The van der Waals surface area contributed by atoms with E-state index in [2.05, 4.69) is 0 Å². The van der Waals surface area contributed by atoms with Crippen LogP contribution < -0.4 is 0 Å². The molecule has 1 N–H and O–H groups in total. The lowest BCUT2D eigenvalue weighted by molar-refractivity contribution is -0.146. The van der Waals surface area contributed by atoms with Gasteiger partial charge in [-0.2, -0.15) is 0 Å². The van der Waals surface area contributed by atoms with Crippen LogP contribution in [-0.2, 0) is 14.3 Å². The van der Waals surface area contributed by atoms with Gasteiger partial charge < -0.3 is 19.5 Å². The first-order chi connectivity index (χ1) is 7.33. The summed E-state index contributed by atoms with van der Waals surface area (Å²) in [5.74, 6) is 0.0898. The maximum Gasteiger partial charge on any atom is 0.228 e. The van der Waals surface area contributed by atoms with Gasteiger partial charge in [0, 0.05) is 13.2 Å². The van der Waals surface area contributed by atoms with E-state index in [0.717, 1.165) is 6.42 Å². The van der Waals surface area contributed by atoms with Gasteiger partial charge in [0.05, 0.1) is 38.4 Å². The number of carbonyl (C=O) groups is 1. The molecule has 0 aromatic carbocycles. The Bertz CT molecular complexity index is 227. The molecule has 0 aromatic rings. The maximum atomic E-state index is 12.0. The number of nitrogens with zero attached hydrogens (tertiary/aromatic N) is 1. The molecule has 2 fully saturated rings. The molecular weight excluding hydrogens is 198 g/mol. The first-order valence-electron chi connectivity index (χ1n) is 5.39. The largest absolute Gasteiger partial charge is 0.394 e. The van der Waals surface area contributed by atoms with Crippen molar-refractivity contribution in [2.45, 2.75) is 12.5 Å². The van der Waals surface area contributed by atoms with E-state index in [1.54, 1.807) is 4.90 Å². The van der Waals surface area contributed by atoms with Crippen molar-refractivity contribution in [3.8, 4) is 0 Å². The van der Waals surface area contributed by atoms with Crippen LogP contribution in [-0.4, -0.2) is 61.5 Å². The van der Waals surface area contributed by atoms with Crippen LogP contribution in [0.1, 0.15) is 6.42 Å². The number of morpholine rings is 1. The first kappa shape index (κ1) is 10.9. The molecule has 1 amide bonds. The van der Waals surface area contributed by atoms with Crippen LogP contribution in [0.5, 0.6) is 0 Å².